The summed E-state index contributed by atoms with van der Waals surface area (Å²) in [5.41, 5.74) is -0.957. The summed E-state index contributed by atoms with van der Waals surface area (Å²) in [6.45, 7) is 5.39. The van der Waals surface area contributed by atoms with Gasteiger partial charge in [0.2, 0.25) is 5.91 Å². The first-order valence-electron chi connectivity index (χ1n) is 5.74. The maximum atomic E-state index is 12.2. The van der Waals surface area contributed by atoms with Gasteiger partial charge in [0.25, 0.3) is 0 Å². The zero-order valence-electron chi connectivity index (χ0n) is 11.2. The highest BCUT2D eigenvalue weighted by molar-refractivity contribution is 5.85. The summed E-state index contributed by atoms with van der Waals surface area (Å²) in [6.07, 6.45) is 0.499. The lowest BCUT2D eigenvalue weighted by Crippen LogP contribution is -2.44. The lowest BCUT2D eigenvalue weighted by atomic mass is 9.88. The number of rotatable bonds is 8. The molecule has 98 valence electrons. The van der Waals surface area contributed by atoms with E-state index in [-0.39, 0.29) is 5.91 Å². The predicted molar refractivity (Wildman–Crippen MR) is 64.3 cm³/mol. The highest BCUT2D eigenvalue weighted by atomic mass is 16.5. The highest BCUT2D eigenvalue weighted by Crippen LogP contribution is 2.22. The Morgan fingerprint density at radius 3 is 2.06 bits per heavy atom. The molecular formula is C12H22N2O3. The number of nitriles is 1. The van der Waals surface area contributed by atoms with Crippen molar-refractivity contribution in [1.29, 1.82) is 5.26 Å². The molecule has 0 aliphatic rings. The van der Waals surface area contributed by atoms with Crippen molar-refractivity contribution in [2.24, 2.45) is 5.41 Å². The average Bonchev–Trinajstić information content (AvgIpc) is 2.37. The van der Waals surface area contributed by atoms with Gasteiger partial charge in [0.15, 0.2) is 0 Å². The number of carbonyl (C=O) groups is 1. The Balaban J connectivity index is 4.66. The monoisotopic (exact) mass is 242 g/mol. The first-order chi connectivity index (χ1) is 8.05. The number of hydrogen-bond acceptors (Lipinski definition) is 4. The molecule has 0 rings (SSSR count). The summed E-state index contributed by atoms with van der Waals surface area (Å²) in [6, 6.07) is 2.09. The third-order valence-electron chi connectivity index (χ3n) is 2.84. The molecule has 0 aromatic heterocycles. The van der Waals surface area contributed by atoms with Gasteiger partial charge in [-0.1, -0.05) is 6.92 Å². The number of methoxy groups -OCH3 is 2. The van der Waals surface area contributed by atoms with Crippen LogP contribution in [0.15, 0.2) is 0 Å². The summed E-state index contributed by atoms with van der Waals surface area (Å²) >= 11 is 0. The van der Waals surface area contributed by atoms with Gasteiger partial charge in [-0.05, 0) is 13.3 Å². The molecule has 1 amide bonds. The Kier molecular flexibility index (Phi) is 7.51. The maximum absolute atomic E-state index is 12.2. The van der Waals surface area contributed by atoms with Crippen LogP contribution in [0.25, 0.3) is 0 Å². The van der Waals surface area contributed by atoms with Crippen LogP contribution >= 0.6 is 0 Å². The standard InChI is InChI=1S/C12H22N2O3/c1-5-12(2,10-13)11(15)14(6-8-16-3)7-9-17-4/h5-9H2,1-4H3. The lowest BCUT2D eigenvalue weighted by Gasteiger charge is -2.29. The van der Waals surface area contributed by atoms with Gasteiger partial charge in [0, 0.05) is 27.3 Å². The van der Waals surface area contributed by atoms with Crippen LogP contribution in [0.2, 0.25) is 0 Å². The fourth-order valence-corrected chi connectivity index (χ4v) is 1.34. The van der Waals surface area contributed by atoms with Gasteiger partial charge in [0.05, 0.1) is 19.3 Å². The lowest BCUT2D eigenvalue weighted by molar-refractivity contribution is -0.139. The SMILES string of the molecule is CCC(C)(C#N)C(=O)N(CCOC)CCOC. The van der Waals surface area contributed by atoms with Crippen molar-refractivity contribution in [2.45, 2.75) is 20.3 Å². The number of amides is 1. The normalized spacial score (nSPS) is 13.8. The molecule has 17 heavy (non-hydrogen) atoms. The van der Waals surface area contributed by atoms with E-state index in [1.54, 1.807) is 26.0 Å². The van der Waals surface area contributed by atoms with Crippen LogP contribution in [-0.2, 0) is 14.3 Å². The molecule has 0 aliphatic carbocycles. The summed E-state index contributed by atoms with van der Waals surface area (Å²) in [4.78, 5) is 13.9. The second-order valence-electron chi connectivity index (χ2n) is 4.08. The number of hydrogen-bond donors (Lipinski definition) is 0. The minimum Gasteiger partial charge on any atom is -0.383 e. The molecule has 0 N–H and O–H groups in total. The van der Waals surface area contributed by atoms with Crippen molar-refractivity contribution in [3.63, 3.8) is 0 Å². The van der Waals surface area contributed by atoms with Crippen LogP contribution in [0.1, 0.15) is 20.3 Å². The van der Waals surface area contributed by atoms with E-state index in [1.807, 2.05) is 6.92 Å². The molecule has 1 unspecified atom stereocenters. The molecular weight excluding hydrogens is 220 g/mol. The summed E-state index contributed by atoms with van der Waals surface area (Å²) in [5, 5.41) is 9.10. The van der Waals surface area contributed by atoms with Gasteiger partial charge in [0.1, 0.15) is 5.41 Å². The molecule has 0 bridgehead atoms. The Bertz CT molecular complexity index is 267. The molecule has 0 fully saturated rings. The zero-order chi connectivity index (χ0) is 13.3. The third kappa shape index (κ3) is 4.72. The minimum atomic E-state index is -0.957. The van der Waals surface area contributed by atoms with Crippen LogP contribution < -0.4 is 0 Å². The molecule has 5 heteroatoms. The van der Waals surface area contributed by atoms with Crippen molar-refractivity contribution >= 4 is 5.91 Å². The molecule has 0 spiro atoms. The Morgan fingerprint density at radius 2 is 1.76 bits per heavy atom. The Labute approximate surface area is 103 Å². The summed E-state index contributed by atoms with van der Waals surface area (Å²) in [7, 11) is 3.17. The van der Waals surface area contributed by atoms with Crippen LogP contribution in [0, 0.1) is 16.7 Å². The number of ether oxygens (including phenoxy) is 2. The maximum Gasteiger partial charge on any atom is 0.242 e. The topological polar surface area (TPSA) is 62.6 Å². The largest absolute Gasteiger partial charge is 0.383 e. The third-order valence-corrected chi connectivity index (χ3v) is 2.84. The van der Waals surface area contributed by atoms with Gasteiger partial charge in [-0.3, -0.25) is 4.79 Å². The fraction of sp³-hybridized carbons (Fsp3) is 0.833. The van der Waals surface area contributed by atoms with Gasteiger partial charge < -0.3 is 14.4 Å². The zero-order valence-corrected chi connectivity index (χ0v) is 11.2. The van der Waals surface area contributed by atoms with Crippen LogP contribution in [0.5, 0.6) is 0 Å². The van der Waals surface area contributed by atoms with Crippen molar-refractivity contribution in [2.75, 3.05) is 40.5 Å². The molecule has 0 heterocycles. The molecule has 0 radical (unpaired) electrons. The van der Waals surface area contributed by atoms with E-state index in [4.69, 9.17) is 14.7 Å². The van der Waals surface area contributed by atoms with Gasteiger partial charge in [-0.2, -0.15) is 5.26 Å². The smallest absolute Gasteiger partial charge is 0.242 e. The van der Waals surface area contributed by atoms with Gasteiger partial charge in [-0.15, -0.1) is 0 Å². The summed E-state index contributed by atoms with van der Waals surface area (Å²) in [5.74, 6) is -0.156. The Hall–Kier alpha value is -1.12. The van der Waals surface area contributed by atoms with Crippen molar-refractivity contribution < 1.29 is 14.3 Å². The Morgan fingerprint density at radius 1 is 1.29 bits per heavy atom. The molecule has 0 aliphatic heterocycles. The van der Waals surface area contributed by atoms with Crippen LogP contribution in [0.3, 0.4) is 0 Å². The molecule has 0 saturated heterocycles. The van der Waals surface area contributed by atoms with E-state index in [2.05, 4.69) is 6.07 Å². The quantitative estimate of drug-likeness (QED) is 0.638. The predicted octanol–water partition coefficient (Wildman–Crippen LogP) is 1.05. The van der Waals surface area contributed by atoms with E-state index in [1.165, 1.54) is 0 Å². The van der Waals surface area contributed by atoms with Gasteiger partial charge in [-0.25, -0.2) is 0 Å². The second-order valence-corrected chi connectivity index (χ2v) is 4.08. The number of nitrogens with zero attached hydrogens (tertiary/aromatic N) is 2. The first-order valence-corrected chi connectivity index (χ1v) is 5.74. The van der Waals surface area contributed by atoms with Crippen molar-refractivity contribution in [3.8, 4) is 6.07 Å². The average molecular weight is 242 g/mol. The molecule has 5 nitrogen and oxygen atoms in total. The van der Waals surface area contributed by atoms with Crippen molar-refractivity contribution in [3.05, 3.63) is 0 Å². The first kappa shape index (κ1) is 15.9. The molecule has 0 aromatic rings. The van der Waals surface area contributed by atoms with E-state index >= 15 is 0 Å². The molecule has 0 saturated carbocycles. The number of carbonyl (C=O) groups excluding carboxylic acids is 1. The van der Waals surface area contributed by atoms with Crippen LogP contribution in [-0.4, -0.2) is 51.3 Å². The van der Waals surface area contributed by atoms with Crippen LogP contribution in [0.4, 0.5) is 0 Å². The second kappa shape index (κ2) is 8.04. The van der Waals surface area contributed by atoms with E-state index in [0.29, 0.717) is 32.7 Å². The minimum absolute atomic E-state index is 0.156. The molecule has 0 aromatic carbocycles. The highest BCUT2D eigenvalue weighted by Gasteiger charge is 2.34. The van der Waals surface area contributed by atoms with E-state index in [9.17, 15) is 4.79 Å². The van der Waals surface area contributed by atoms with Gasteiger partial charge >= 0.3 is 0 Å². The molecule has 1 atom stereocenters. The summed E-state index contributed by atoms with van der Waals surface area (Å²) < 4.78 is 9.93. The van der Waals surface area contributed by atoms with Crippen molar-refractivity contribution in [1.82, 2.24) is 4.90 Å². The van der Waals surface area contributed by atoms with E-state index in [0.717, 1.165) is 0 Å². The fourth-order valence-electron chi connectivity index (χ4n) is 1.34. The van der Waals surface area contributed by atoms with E-state index < -0.39 is 5.41 Å².